The summed E-state index contributed by atoms with van der Waals surface area (Å²) in [4.78, 5) is 14.1. The number of thiophene rings is 1. The Bertz CT molecular complexity index is 425. The van der Waals surface area contributed by atoms with E-state index in [-0.39, 0.29) is 12.7 Å². The van der Waals surface area contributed by atoms with E-state index in [1.165, 1.54) is 4.88 Å². The van der Waals surface area contributed by atoms with Crippen LogP contribution in [-0.4, -0.2) is 41.8 Å². The predicted octanol–water partition coefficient (Wildman–Crippen LogP) is 3.34. The van der Waals surface area contributed by atoms with Crippen LogP contribution in [-0.2, 0) is 16.1 Å². The van der Waals surface area contributed by atoms with E-state index in [2.05, 4.69) is 42.8 Å². The van der Waals surface area contributed by atoms with Crippen LogP contribution >= 0.6 is 43.2 Å². The number of halogens is 2. The molecule has 0 aromatic carbocycles. The van der Waals surface area contributed by atoms with Gasteiger partial charge in [0.2, 0.25) is 0 Å². The molecule has 2 rings (SSSR count). The van der Waals surface area contributed by atoms with Gasteiger partial charge >= 0.3 is 5.97 Å². The van der Waals surface area contributed by atoms with Gasteiger partial charge in [0.1, 0.15) is 6.61 Å². The Labute approximate surface area is 133 Å². The molecule has 1 aromatic rings. The number of carbonyl (C=O) groups is 1. The van der Waals surface area contributed by atoms with Gasteiger partial charge in [0.25, 0.3) is 0 Å². The Morgan fingerprint density at radius 2 is 2.16 bits per heavy atom. The smallest absolute Gasteiger partial charge is 0.329 e. The van der Waals surface area contributed by atoms with Crippen molar-refractivity contribution < 1.29 is 14.6 Å². The van der Waals surface area contributed by atoms with E-state index in [0.717, 1.165) is 40.7 Å². The average Bonchev–Trinajstić information content (AvgIpc) is 2.67. The maximum Gasteiger partial charge on any atom is 0.329 e. The zero-order valence-corrected chi connectivity index (χ0v) is 14.3. The summed E-state index contributed by atoms with van der Waals surface area (Å²) in [7, 11) is 0. The number of rotatable bonds is 5. The van der Waals surface area contributed by atoms with Crippen molar-refractivity contribution in [3.8, 4) is 0 Å². The van der Waals surface area contributed by atoms with Crippen molar-refractivity contribution in [3.05, 3.63) is 19.2 Å². The zero-order chi connectivity index (χ0) is 13.8. The summed E-state index contributed by atoms with van der Waals surface area (Å²) in [6.45, 7) is 2.67. The fourth-order valence-electron chi connectivity index (χ4n) is 2.11. The second-order valence-electron chi connectivity index (χ2n) is 4.51. The van der Waals surface area contributed by atoms with Crippen LogP contribution in [0.5, 0.6) is 0 Å². The number of hydrogen-bond acceptors (Lipinski definition) is 4. The number of carboxylic acids is 1. The number of nitrogens with zero attached hydrogens (tertiary/aromatic N) is 1. The first-order chi connectivity index (χ1) is 9.04. The quantitative estimate of drug-likeness (QED) is 0.805. The molecule has 1 saturated heterocycles. The van der Waals surface area contributed by atoms with Gasteiger partial charge in [0, 0.05) is 29.0 Å². The SMILES string of the molecule is O=C(O)COC1CCN(Cc2cc(Br)c(Br)s2)CC1. The van der Waals surface area contributed by atoms with E-state index >= 15 is 0 Å². The van der Waals surface area contributed by atoms with Crippen molar-refractivity contribution in [2.75, 3.05) is 19.7 Å². The molecular formula is C12H15Br2NO3S. The Kier molecular flexibility index (Phi) is 5.83. The van der Waals surface area contributed by atoms with E-state index in [1.807, 2.05) is 0 Å². The molecule has 0 aliphatic carbocycles. The molecule has 0 unspecified atom stereocenters. The molecule has 0 spiro atoms. The standard InChI is InChI=1S/C12H15Br2NO3S/c13-10-5-9(19-12(10)14)6-15-3-1-8(2-4-15)18-7-11(16)17/h5,8H,1-4,6-7H2,(H,16,17). The molecule has 1 N–H and O–H groups in total. The molecule has 19 heavy (non-hydrogen) atoms. The number of hydrogen-bond donors (Lipinski definition) is 1. The second kappa shape index (κ2) is 7.17. The molecule has 1 fully saturated rings. The highest BCUT2D eigenvalue weighted by molar-refractivity contribution is 9.13. The maximum atomic E-state index is 10.4. The molecule has 1 aromatic heterocycles. The van der Waals surface area contributed by atoms with Crippen molar-refractivity contribution in [3.63, 3.8) is 0 Å². The van der Waals surface area contributed by atoms with E-state index in [1.54, 1.807) is 11.3 Å². The van der Waals surface area contributed by atoms with Gasteiger partial charge in [0.05, 0.1) is 9.89 Å². The van der Waals surface area contributed by atoms with E-state index in [0.29, 0.717) is 0 Å². The number of aliphatic carboxylic acids is 1. The lowest BCUT2D eigenvalue weighted by molar-refractivity contribution is -0.145. The van der Waals surface area contributed by atoms with Gasteiger partial charge in [-0.3, -0.25) is 4.90 Å². The fourth-order valence-corrected chi connectivity index (χ4v) is 4.33. The molecule has 0 radical (unpaired) electrons. The van der Waals surface area contributed by atoms with Crippen molar-refractivity contribution in [2.24, 2.45) is 0 Å². The summed E-state index contributed by atoms with van der Waals surface area (Å²) in [6.07, 6.45) is 1.90. The highest BCUT2D eigenvalue weighted by atomic mass is 79.9. The summed E-state index contributed by atoms with van der Waals surface area (Å²) in [5, 5.41) is 8.58. The molecule has 1 aliphatic heterocycles. The minimum atomic E-state index is -0.893. The predicted molar refractivity (Wildman–Crippen MR) is 81.6 cm³/mol. The van der Waals surface area contributed by atoms with Crippen LogP contribution in [0.3, 0.4) is 0 Å². The number of ether oxygens (including phenoxy) is 1. The van der Waals surface area contributed by atoms with Crippen LogP contribution in [0.4, 0.5) is 0 Å². The van der Waals surface area contributed by atoms with Gasteiger partial charge in [0.15, 0.2) is 0 Å². The minimum absolute atomic E-state index is 0.0918. The zero-order valence-electron chi connectivity index (χ0n) is 10.3. The molecule has 4 nitrogen and oxygen atoms in total. The van der Waals surface area contributed by atoms with Gasteiger partial charge in [-0.1, -0.05) is 0 Å². The fraction of sp³-hybridized carbons (Fsp3) is 0.583. The molecule has 0 amide bonds. The topological polar surface area (TPSA) is 49.8 Å². The van der Waals surface area contributed by atoms with Crippen LogP contribution in [0.2, 0.25) is 0 Å². The van der Waals surface area contributed by atoms with Crippen molar-refractivity contribution >= 4 is 49.2 Å². The number of carboxylic acid groups (broad SMARTS) is 1. The summed E-state index contributed by atoms with van der Waals surface area (Å²) in [6, 6.07) is 2.14. The molecule has 1 aliphatic rings. The minimum Gasteiger partial charge on any atom is -0.480 e. The van der Waals surface area contributed by atoms with Crippen molar-refractivity contribution in [1.82, 2.24) is 4.90 Å². The third-order valence-corrected chi connectivity index (χ3v) is 6.29. The Morgan fingerprint density at radius 3 is 2.68 bits per heavy atom. The largest absolute Gasteiger partial charge is 0.480 e. The molecular weight excluding hydrogens is 398 g/mol. The van der Waals surface area contributed by atoms with Gasteiger partial charge in [-0.05, 0) is 50.8 Å². The van der Waals surface area contributed by atoms with E-state index in [4.69, 9.17) is 9.84 Å². The molecule has 7 heteroatoms. The van der Waals surface area contributed by atoms with Gasteiger partial charge in [-0.2, -0.15) is 0 Å². The van der Waals surface area contributed by atoms with E-state index in [9.17, 15) is 4.79 Å². The van der Waals surface area contributed by atoms with Gasteiger partial charge in [-0.25, -0.2) is 4.79 Å². The third kappa shape index (κ3) is 4.82. The van der Waals surface area contributed by atoms with Crippen LogP contribution < -0.4 is 0 Å². The summed E-state index contributed by atoms with van der Waals surface area (Å²) < 4.78 is 7.56. The normalized spacial score (nSPS) is 17.8. The first-order valence-corrected chi connectivity index (χ1v) is 8.44. The van der Waals surface area contributed by atoms with E-state index < -0.39 is 5.97 Å². The Hall–Kier alpha value is 0.0500. The van der Waals surface area contributed by atoms with Gasteiger partial charge < -0.3 is 9.84 Å². The monoisotopic (exact) mass is 411 g/mol. The highest BCUT2D eigenvalue weighted by Crippen LogP contribution is 2.33. The summed E-state index contributed by atoms with van der Waals surface area (Å²) >= 11 is 8.74. The number of piperidine rings is 1. The van der Waals surface area contributed by atoms with Crippen LogP contribution in [0, 0.1) is 0 Å². The molecule has 0 bridgehead atoms. The lowest BCUT2D eigenvalue weighted by Gasteiger charge is -2.31. The molecule has 0 atom stereocenters. The van der Waals surface area contributed by atoms with Crippen LogP contribution in [0.1, 0.15) is 17.7 Å². The van der Waals surface area contributed by atoms with Crippen LogP contribution in [0.25, 0.3) is 0 Å². The average molecular weight is 413 g/mol. The Morgan fingerprint density at radius 1 is 1.47 bits per heavy atom. The maximum absolute atomic E-state index is 10.4. The lowest BCUT2D eigenvalue weighted by Crippen LogP contribution is -2.37. The first-order valence-electron chi connectivity index (χ1n) is 6.04. The molecule has 0 saturated carbocycles. The lowest BCUT2D eigenvalue weighted by atomic mass is 10.1. The molecule has 106 valence electrons. The van der Waals surface area contributed by atoms with Gasteiger partial charge in [-0.15, -0.1) is 11.3 Å². The van der Waals surface area contributed by atoms with Crippen LogP contribution in [0.15, 0.2) is 14.3 Å². The highest BCUT2D eigenvalue weighted by Gasteiger charge is 2.21. The number of likely N-dealkylation sites (tertiary alicyclic amines) is 1. The third-order valence-electron chi connectivity index (χ3n) is 3.05. The summed E-state index contributed by atoms with van der Waals surface area (Å²) in [5.74, 6) is -0.893. The first kappa shape index (κ1) is 15.4. The van der Waals surface area contributed by atoms with Crippen molar-refractivity contribution in [2.45, 2.75) is 25.5 Å². The Balaban J connectivity index is 1.75. The molecule has 2 heterocycles. The van der Waals surface area contributed by atoms with Crippen molar-refractivity contribution in [1.29, 1.82) is 0 Å². The summed E-state index contributed by atoms with van der Waals surface area (Å²) in [5.41, 5.74) is 0. The second-order valence-corrected chi connectivity index (χ2v) is 7.82.